The van der Waals surface area contributed by atoms with Gasteiger partial charge in [-0.3, -0.25) is 0 Å². The Bertz CT molecular complexity index is 912. The van der Waals surface area contributed by atoms with Crippen molar-refractivity contribution < 1.29 is 0 Å². The summed E-state index contributed by atoms with van der Waals surface area (Å²) in [5.74, 6) is 5.24. The zero-order chi connectivity index (χ0) is 18.8. The molecule has 0 aliphatic heterocycles. The van der Waals surface area contributed by atoms with Gasteiger partial charge in [0.05, 0.1) is 0 Å². The smallest absolute Gasteiger partial charge is 0.00575 e. The first-order valence-electron chi connectivity index (χ1n) is 11.5. The van der Waals surface area contributed by atoms with Crippen LogP contribution >= 0.6 is 0 Å². The fourth-order valence-electron chi connectivity index (χ4n) is 7.62. The van der Waals surface area contributed by atoms with Gasteiger partial charge in [-0.2, -0.15) is 0 Å². The molecule has 0 radical (unpaired) electrons. The number of hydrogen-bond acceptors (Lipinski definition) is 0. The Hall–Kier alpha value is -1.82. The Morgan fingerprint density at radius 3 is 2.18 bits per heavy atom. The summed E-state index contributed by atoms with van der Waals surface area (Å²) in [6.07, 6.45) is 12.9. The molecule has 0 N–H and O–H groups in total. The number of allylic oxidation sites excluding steroid dienone is 1. The second-order valence-electron chi connectivity index (χ2n) is 10.5. The van der Waals surface area contributed by atoms with Gasteiger partial charge in [-0.1, -0.05) is 59.2 Å². The predicted molar refractivity (Wildman–Crippen MR) is 118 cm³/mol. The Morgan fingerprint density at radius 2 is 1.50 bits per heavy atom. The zero-order valence-electron chi connectivity index (χ0n) is 17.4. The first-order valence-corrected chi connectivity index (χ1v) is 11.5. The minimum atomic E-state index is 0.984. The summed E-state index contributed by atoms with van der Waals surface area (Å²) in [5.41, 5.74) is 10.3. The topological polar surface area (TPSA) is 0 Å². The lowest BCUT2D eigenvalue weighted by Crippen LogP contribution is -2.45. The third kappa shape index (κ3) is 2.79. The molecule has 0 saturated heterocycles. The van der Waals surface area contributed by atoms with Gasteiger partial charge >= 0.3 is 0 Å². The van der Waals surface area contributed by atoms with Gasteiger partial charge in [0.25, 0.3) is 0 Å². The maximum Gasteiger partial charge on any atom is -0.00575 e. The van der Waals surface area contributed by atoms with Crippen LogP contribution in [-0.2, 0) is 6.42 Å². The highest BCUT2D eigenvalue weighted by Gasteiger charge is 2.48. The molecule has 0 aromatic heterocycles. The average Bonchev–Trinajstić information content (AvgIpc) is 3.06. The van der Waals surface area contributed by atoms with Crippen LogP contribution < -0.4 is 0 Å². The van der Waals surface area contributed by atoms with Gasteiger partial charge < -0.3 is 0 Å². The van der Waals surface area contributed by atoms with Gasteiger partial charge in [0.1, 0.15) is 0 Å². The van der Waals surface area contributed by atoms with E-state index in [-0.39, 0.29) is 0 Å². The van der Waals surface area contributed by atoms with E-state index < -0.39 is 0 Å². The van der Waals surface area contributed by atoms with Crippen LogP contribution in [0.2, 0.25) is 0 Å². The molecule has 28 heavy (non-hydrogen) atoms. The molecule has 0 amide bonds. The van der Waals surface area contributed by atoms with Crippen LogP contribution in [0.1, 0.15) is 60.8 Å². The fraction of sp³-hybridized carbons (Fsp3) is 0.500. The highest BCUT2D eigenvalue weighted by molar-refractivity contribution is 5.81. The van der Waals surface area contributed by atoms with E-state index in [1.165, 1.54) is 40.7 Å². The van der Waals surface area contributed by atoms with E-state index in [1.807, 2.05) is 0 Å². The number of benzene rings is 2. The summed E-state index contributed by atoms with van der Waals surface area (Å²) in [4.78, 5) is 0. The second-order valence-corrected chi connectivity index (χ2v) is 10.5. The molecule has 2 aromatic carbocycles. The van der Waals surface area contributed by atoms with E-state index in [2.05, 4.69) is 56.3 Å². The van der Waals surface area contributed by atoms with Gasteiger partial charge in [0.15, 0.2) is 0 Å². The van der Waals surface area contributed by atoms with Crippen molar-refractivity contribution in [1.29, 1.82) is 0 Å². The summed E-state index contributed by atoms with van der Waals surface area (Å²) >= 11 is 0. The summed E-state index contributed by atoms with van der Waals surface area (Å²) in [7, 11) is 0. The van der Waals surface area contributed by atoms with Gasteiger partial charge in [0, 0.05) is 0 Å². The van der Waals surface area contributed by atoms with Gasteiger partial charge in [-0.25, -0.2) is 0 Å². The second kappa shape index (κ2) is 6.34. The third-order valence-corrected chi connectivity index (χ3v) is 8.41. The van der Waals surface area contributed by atoms with Crippen LogP contribution in [0.25, 0.3) is 17.2 Å². The van der Waals surface area contributed by atoms with Crippen molar-refractivity contribution in [3.63, 3.8) is 0 Å². The lowest BCUT2D eigenvalue weighted by Gasteiger charge is -2.54. The molecule has 0 nitrogen and oxygen atoms in total. The summed E-state index contributed by atoms with van der Waals surface area (Å²) < 4.78 is 0. The Labute approximate surface area is 170 Å². The molecule has 0 atom stereocenters. The molecule has 2 aromatic rings. The Kier molecular flexibility index (Phi) is 3.87. The van der Waals surface area contributed by atoms with Crippen LogP contribution in [0.4, 0.5) is 0 Å². The molecule has 4 fully saturated rings. The van der Waals surface area contributed by atoms with Crippen molar-refractivity contribution >= 4 is 6.08 Å². The van der Waals surface area contributed by atoms with Crippen LogP contribution in [0, 0.1) is 43.4 Å². The lowest BCUT2D eigenvalue weighted by molar-refractivity contribution is -0.0360. The molecule has 5 aliphatic rings. The van der Waals surface area contributed by atoms with Crippen molar-refractivity contribution in [3.05, 3.63) is 64.2 Å². The van der Waals surface area contributed by atoms with Gasteiger partial charge in [0.2, 0.25) is 0 Å². The van der Waals surface area contributed by atoms with E-state index in [9.17, 15) is 0 Å². The maximum atomic E-state index is 2.58. The van der Waals surface area contributed by atoms with E-state index in [0.29, 0.717) is 0 Å². The first-order chi connectivity index (χ1) is 13.6. The van der Waals surface area contributed by atoms with Crippen LogP contribution in [0.15, 0.2) is 42.0 Å². The highest BCUT2D eigenvalue weighted by Crippen LogP contribution is 2.58. The van der Waals surface area contributed by atoms with E-state index in [4.69, 9.17) is 0 Å². The largest absolute Gasteiger partial charge is 0.0649 e. The molecule has 0 heteroatoms. The average molecular weight is 369 g/mol. The van der Waals surface area contributed by atoms with Gasteiger partial charge in [-0.05, 0) is 111 Å². The summed E-state index contributed by atoms with van der Waals surface area (Å²) in [6, 6.07) is 13.9. The molecule has 4 bridgehead atoms. The van der Waals surface area contributed by atoms with Crippen LogP contribution in [-0.4, -0.2) is 0 Å². The number of rotatable bonds is 3. The van der Waals surface area contributed by atoms with Crippen molar-refractivity contribution in [2.24, 2.45) is 29.6 Å². The monoisotopic (exact) mass is 368 g/mol. The standard InChI is InChI=1S/C28H32/c1-17-6-18(2)8-23(7-17)26-5-3-4-22-10-21(16-28(22)26)15-27-24-11-19-9-20(13-24)14-25(27)12-19/h3-8,16,19-20,24-25,27H,9-15H2,1-2H3. The molecular formula is C28H32. The van der Waals surface area contributed by atoms with E-state index in [0.717, 1.165) is 29.6 Å². The molecule has 144 valence electrons. The molecule has 4 saturated carbocycles. The number of hydrogen-bond donors (Lipinski definition) is 0. The SMILES string of the molecule is Cc1cc(C)cc(-c2cccc3c2C=C(CC2C4CC5CC(C4)CC2C5)C3)c1. The lowest BCUT2D eigenvalue weighted by atomic mass is 9.51. The van der Waals surface area contributed by atoms with E-state index >= 15 is 0 Å². The van der Waals surface area contributed by atoms with E-state index in [1.54, 1.807) is 43.2 Å². The normalized spacial score (nSPS) is 32.5. The summed E-state index contributed by atoms with van der Waals surface area (Å²) in [6.45, 7) is 4.43. The predicted octanol–water partition coefficient (Wildman–Crippen LogP) is 7.37. The Morgan fingerprint density at radius 1 is 0.821 bits per heavy atom. The maximum absolute atomic E-state index is 2.58. The molecule has 7 rings (SSSR count). The number of fused-ring (bicyclic) bond motifs is 1. The van der Waals surface area contributed by atoms with Crippen molar-refractivity contribution in [3.8, 4) is 11.1 Å². The Balaban J connectivity index is 1.30. The molecule has 0 unspecified atom stereocenters. The van der Waals surface area contributed by atoms with Crippen LogP contribution in [0.5, 0.6) is 0 Å². The third-order valence-electron chi connectivity index (χ3n) is 8.41. The summed E-state index contributed by atoms with van der Waals surface area (Å²) in [5, 5.41) is 0. The zero-order valence-corrected chi connectivity index (χ0v) is 17.4. The number of aryl methyl sites for hydroxylation is 2. The molecule has 5 aliphatic carbocycles. The van der Waals surface area contributed by atoms with Gasteiger partial charge in [-0.15, -0.1) is 0 Å². The first kappa shape index (κ1) is 17.1. The van der Waals surface area contributed by atoms with Crippen molar-refractivity contribution in [2.75, 3.05) is 0 Å². The van der Waals surface area contributed by atoms with Crippen molar-refractivity contribution in [2.45, 2.75) is 58.8 Å². The molecule has 0 spiro atoms. The quantitative estimate of drug-likeness (QED) is 0.530. The fourth-order valence-corrected chi connectivity index (χ4v) is 7.62. The van der Waals surface area contributed by atoms with Crippen LogP contribution in [0.3, 0.4) is 0 Å². The molecule has 0 heterocycles. The minimum Gasteiger partial charge on any atom is -0.0649 e. The molecular weight excluding hydrogens is 336 g/mol. The van der Waals surface area contributed by atoms with Crippen molar-refractivity contribution in [1.82, 2.24) is 0 Å². The minimum absolute atomic E-state index is 0.984. The highest BCUT2D eigenvalue weighted by atomic mass is 14.5.